The number of aromatic nitrogens is 2. The highest BCUT2D eigenvalue weighted by molar-refractivity contribution is 6.09. The molecular weight excluding hydrogens is 230 g/mol. The summed E-state index contributed by atoms with van der Waals surface area (Å²) in [7, 11) is 0. The highest BCUT2D eigenvalue weighted by Crippen LogP contribution is 2.13. The summed E-state index contributed by atoms with van der Waals surface area (Å²) >= 11 is 0. The maximum atomic E-state index is 12.1. The molecule has 5 nitrogen and oxygen atoms in total. The van der Waals surface area contributed by atoms with Crippen molar-refractivity contribution < 1.29 is 9.59 Å². The van der Waals surface area contributed by atoms with E-state index in [4.69, 9.17) is 0 Å². The summed E-state index contributed by atoms with van der Waals surface area (Å²) < 4.78 is 0. The van der Waals surface area contributed by atoms with Gasteiger partial charge >= 0.3 is 0 Å². The molecule has 5 heteroatoms. The monoisotopic (exact) mass is 245 g/mol. The van der Waals surface area contributed by atoms with E-state index in [9.17, 15) is 9.59 Å². The predicted molar refractivity (Wildman–Crippen MR) is 67.5 cm³/mol. The molecule has 18 heavy (non-hydrogen) atoms. The average Bonchev–Trinajstić information content (AvgIpc) is 2.75. The van der Waals surface area contributed by atoms with Gasteiger partial charge in [-0.05, 0) is 32.4 Å². The molecule has 1 N–H and O–H groups in total. The van der Waals surface area contributed by atoms with Gasteiger partial charge in [0.25, 0.3) is 11.8 Å². The first-order valence-corrected chi connectivity index (χ1v) is 5.80. The van der Waals surface area contributed by atoms with Crippen LogP contribution in [0.3, 0.4) is 0 Å². The standard InChI is InChI=1S/C13H15N3O2/c1-9(7-11-8-14-15-10(11)2)13(18)16-6-4-3-5-12(16)17/h3,5,7-8H,4,6H2,1-2H3,(H,14,15)/b9-7+. The smallest absolute Gasteiger partial charge is 0.256 e. The van der Waals surface area contributed by atoms with Crippen LogP contribution in [0.15, 0.2) is 23.9 Å². The SMILES string of the molecule is C/C(=C\c1c[nH]nc1C)C(=O)N1CCC=CC1=O. The van der Waals surface area contributed by atoms with Gasteiger partial charge in [-0.1, -0.05) is 6.08 Å². The Balaban J connectivity index is 2.19. The number of aromatic amines is 1. The average molecular weight is 245 g/mol. The first-order chi connectivity index (χ1) is 8.59. The summed E-state index contributed by atoms with van der Waals surface area (Å²) in [6, 6.07) is 0. The number of H-pyrrole nitrogens is 1. The number of amides is 2. The molecule has 0 saturated carbocycles. The summed E-state index contributed by atoms with van der Waals surface area (Å²) in [5.74, 6) is -0.493. The van der Waals surface area contributed by atoms with E-state index in [1.54, 1.807) is 25.3 Å². The maximum absolute atomic E-state index is 12.1. The number of nitrogens with zero attached hydrogens (tertiary/aromatic N) is 2. The Kier molecular flexibility index (Phi) is 3.41. The van der Waals surface area contributed by atoms with E-state index < -0.39 is 0 Å². The molecular formula is C13H15N3O2. The first-order valence-electron chi connectivity index (χ1n) is 5.80. The lowest BCUT2D eigenvalue weighted by Crippen LogP contribution is -2.38. The Morgan fingerprint density at radius 1 is 1.56 bits per heavy atom. The second-order valence-corrected chi connectivity index (χ2v) is 4.24. The van der Waals surface area contributed by atoms with E-state index in [1.165, 1.54) is 11.0 Å². The van der Waals surface area contributed by atoms with Crippen molar-refractivity contribution in [2.45, 2.75) is 20.3 Å². The van der Waals surface area contributed by atoms with Crippen molar-refractivity contribution in [1.82, 2.24) is 15.1 Å². The number of imide groups is 1. The number of hydrogen-bond acceptors (Lipinski definition) is 3. The van der Waals surface area contributed by atoms with Gasteiger partial charge in [0.15, 0.2) is 0 Å². The fourth-order valence-corrected chi connectivity index (χ4v) is 1.81. The van der Waals surface area contributed by atoms with Crippen LogP contribution in [-0.2, 0) is 9.59 Å². The van der Waals surface area contributed by atoms with Crippen LogP contribution in [-0.4, -0.2) is 33.5 Å². The summed E-state index contributed by atoms with van der Waals surface area (Å²) in [5.41, 5.74) is 2.22. The van der Waals surface area contributed by atoms with Gasteiger partial charge in [0.05, 0.1) is 5.69 Å². The molecule has 0 spiro atoms. The third-order valence-electron chi connectivity index (χ3n) is 2.87. The molecule has 0 bridgehead atoms. The zero-order chi connectivity index (χ0) is 13.1. The molecule has 1 aliphatic rings. The summed E-state index contributed by atoms with van der Waals surface area (Å²) in [6.45, 7) is 4.01. The molecule has 2 rings (SSSR count). The van der Waals surface area contributed by atoms with Crippen molar-refractivity contribution in [3.63, 3.8) is 0 Å². The van der Waals surface area contributed by atoms with Crippen LogP contribution >= 0.6 is 0 Å². The van der Waals surface area contributed by atoms with Gasteiger partial charge in [0.1, 0.15) is 0 Å². The van der Waals surface area contributed by atoms with Gasteiger partial charge in [-0.15, -0.1) is 0 Å². The minimum absolute atomic E-state index is 0.245. The predicted octanol–water partition coefficient (Wildman–Crippen LogP) is 1.44. The zero-order valence-electron chi connectivity index (χ0n) is 10.4. The van der Waals surface area contributed by atoms with Crippen LogP contribution in [0.5, 0.6) is 0 Å². The zero-order valence-corrected chi connectivity index (χ0v) is 10.4. The highest BCUT2D eigenvalue weighted by Gasteiger charge is 2.22. The molecule has 0 radical (unpaired) electrons. The lowest BCUT2D eigenvalue weighted by atomic mass is 10.1. The summed E-state index contributed by atoms with van der Waals surface area (Å²) in [5, 5.41) is 6.72. The number of carbonyl (C=O) groups excluding carboxylic acids is 2. The van der Waals surface area contributed by atoms with Gasteiger partial charge in [-0.2, -0.15) is 5.10 Å². The van der Waals surface area contributed by atoms with E-state index >= 15 is 0 Å². The molecule has 0 aliphatic carbocycles. The van der Waals surface area contributed by atoms with Gasteiger partial charge in [0, 0.05) is 23.9 Å². The van der Waals surface area contributed by atoms with Gasteiger partial charge < -0.3 is 0 Å². The van der Waals surface area contributed by atoms with Crippen LogP contribution in [0.25, 0.3) is 6.08 Å². The molecule has 0 atom stereocenters. The number of carbonyl (C=O) groups is 2. The number of nitrogens with one attached hydrogen (secondary N) is 1. The Morgan fingerprint density at radius 3 is 2.94 bits per heavy atom. The van der Waals surface area contributed by atoms with Crippen molar-refractivity contribution in [3.8, 4) is 0 Å². The molecule has 2 heterocycles. The van der Waals surface area contributed by atoms with E-state index in [2.05, 4.69) is 10.2 Å². The van der Waals surface area contributed by atoms with Crippen LogP contribution in [0.2, 0.25) is 0 Å². The Labute approximate surface area is 105 Å². The van der Waals surface area contributed by atoms with Crippen molar-refractivity contribution in [3.05, 3.63) is 35.2 Å². The fraction of sp³-hybridized carbons (Fsp3) is 0.308. The third kappa shape index (κ3) is 2.40. The second kappa shape index (κ2) is 5.00. The minimum atomic E-state index is -0.247. The quantitative estimate of drug-likeness (QED) is 0.802. The van der Waals surface area contributed by atoms with E-state index in [-0.39, 0.29) is 11.8 Å². The van der Waals surface area contributed by atoms with Crippen molar-refractivity contribution in [2.75, 3.05) is 6.54 Å². The van der Waals surface area contributed by atoms with Gasteiger partial charge in [-0.25, -0.2) is 0 Å². The fourth-order valence-electron chi connectivity index (χ4n) is 1.81. The molecule has 0 unspecified atom stereocenters. The molecule has 0 fully saturated rings. The topological polar surface area (TPSA) is 66.1 Å². The Morgan fingerprint density at radius 2 is 2.33 bits per heavy atom. The van der Waals surface area contributed by atoms with Crippen LogP contribution in [0, 0.1) is 6.92 Å². The van der Waals surface area contributed by atoms with Crippen LogP contribution in [0.4, 0.5) is 0 Å². The minimum Gasteiger partial charge on any atom is -0.285 e. The lowest BCUT2D eigenvalue weighted by molar-refractivity contribution is -0.139. The molecule has 0 saturated heterocycles. The normalized spacial score (nSPS) is 16.2. The number of rotatable bonds is 2. The summed E-state index contributed by atoms with van der Waals surface area (Å²) in [6.07, 6.45) is 7.41. The van der Waals surface area contributed by atoms with Crippen molar-refractivity contribution in [2.24, 2.45) is 0 Å². The number of hydrogen-bond donors (Lipinski definition) is 1. The number of aryl methyl sites for hydroxylation is 1. The molecule has 1 aromatic rings. The molecule has 0 aromatic carbocycles. The molecule has 1 aliphatic heterocycles. The Hall–Kier alpha value is -2.17. The van der Waals surface area contributed by atoms with E-state index in [1.807, 2.05) is 6.92 Å². The van der Waals surface area contributed by atoms with Gasteiger partial charge in [-0.3, -0.25) is 19.6 Å². The Bertz CT molecular complexity index is 540. The lowest BCUT2D eigenvalue weighted by Gasteiger charge is -2.21. The summed E-state index contributed by atoms with van der Waals surface area (Å²) in [4.78, 5) is 25.0. The van der Waals surface area contributed by atoms with E-state index in [0.29, 0.717) is 12.1 Å². The van der Waals surface area contributed by atoms with E-state index in [0.717, 1.165) is 17.7 Å². The van der Waals surface area contributed by atoms with Crippen LogP contribution in [0.1, 0.15) is 24.6 Å². The molecule has 94 valence electrons. The van der Waals surface area contributed by atoms with Crippen LogP contribution < -0.4 is 0 Å². The molecule has 2 amide bonds. The maximum Gasteiger partial charge on any atom is 0.256 e. The van der Waals surface area contributed by atoms with Crippen molar-refractivity contribution >= 4 is 17.9 Å². The first kappa shape index (κ1) is 12.3. The largest absolute Gasteiger partial charge is 0.285 e. The highest BCUT2D eigenvalue weighted by atomic mass is 16.2. The van der Waals surface area contributed by atoms with Crippen molar-refractivity contribution in [1.29, 1.82) is 0 Å². The van der Waals surface area contributed by atoms with Gasteiger partial charge in [0.2, 0.25) is 0 Å². The third-order valence-corrected chi connectivity index (χ3v) is 2.87. The second-order valence-electron chi connectivity index (χ2n) is 4.24. The molecule has 1 aromatic heterocycles.